The molecule has 2 heterocycles. The van der Waals surface area contributed by atoms with Crippen molar-refractivity contribution in [1.29, 1.82) is 0 Å². The minimum atomic E-state index is -0.513. The largest absolute Gasteiger partial charge is 0.494 e. The number of hydrogen-bond acceptors (Lipinski definition) is 9. The fourth-order valence-corrected chi connectivity index (χ4v) is 4.34. The van der Waals surface area contributed by atoms with Gasteiger partial charge in [0, 0.05) is 44.7 Å². The molecule has 224 valence electrons. The van der Waals surface area contributed by atoms with Crippen LogP contribution < -0.4 is 20.7 Å². The number of likely N-dealkylation sites (N-methyl/N-ethyl adjacent to an activating group) is 2. The van der Waals surface area contributed by atoms with Crippen LogP contribution in [-0.2, 0) is 11.8 Å². The van der Waals surface area contributed by atoms with Gasteiger partial charge in [0.25, 0.3) is 11.8 Å². The van der Waals surface area contributed by atoms with E-state index in [0.29, 0.717) is 40.6 Å². The van der Waals surface area contributed by atoms with Gasteiger partial charge >= 0.3 is 0 Å². The van der Waals surface area contributed by atoms with Crippen molar-refractivity contribution in [2.75, 3.05) is 52.0 Å². The van der Waals surface area contributed by atoms with Gasteiger partial charge in [-0.1, -0.05) is 6.07 Å². The molecule has 1 aliphatic carbocycles. The van der Waals surface area contributed by atoms with Gasteiger partial charge < -0.3 is 30.5 Å². The van der Waals surface area contributed by atoms with Crippen LogP contribution in [-0.4, -0.2) is 118 Å². The van der Waals surface area contributed by atoms with Crippen LogP contribution in [0.15, 0.2) is 30.3 Å². The first kappa shape index (κ1) is 31.6. The second-order valence-corrected chi connectivity index (χ2v) is 12.0. The maximum atomic E-state index is 13.2. The van der Waals surface area contributed by atoms with Crippen molar-refractivity contribution < 1.29 is 19.1 Å². The van der Waals surface area contributed by atoms with Crippen LogP contribution in [0.2, 0.25) is 0 Å². The number of aromatic nitrogens is 4. The molecule has 3 amide bonds. The van der Waals surface area contributed by atoms with Crippen molar-refractivity contribution >= 4 is 58.5 Å². The average molecular weight is 585 g/mol. The van der Waals surface area contributed by atoms with Gasteiger partial charge in [-0.3, -0.25) is 19.1 Å². The van der Waals surface area contributed by atoms with Crippen LogP contribution in [0.3, 0.4) is 0 Å². The lowest BCUT2D eigenvalue weighted by atomic mass is 9.49. The van der Waals surface area contributed by atoms with Crippen LogP contribution in [0, 0.1) is 5.92 Å². The number of nitrogens with zero attached hydrogens (tertiary/aromatic N) is 6. The summed E-state index contributed by atoms with van der Waals surface area (Å²) in [5.74, 6) is -0.0454. The molecule has 0 aliphatic heterocycles. The fraction of sp³-hybridized carbons (Fsp3) is 0.407. The molecule has 0 bridgehead atoms. The van der Waals surface area contributed by atoms with E-state index in [1.165, 1.54) is 7.11 Å². The van der Waals surface area contributed by atoms with Gasteiger partial charge in [-0.2, -0.15) is 5.10 Å². The minimum Gasteiger partial charge on any atom is -0.494 e. The lowest BCUT2D eigenvalue weighted by Crippen LogP contribution is -2.50. The Morgan fingerprint density at radius 1 is 1.07 bits per heavy atom. The van der Waals surface area contributed by atoms with E-state index >= 15 is 0 Å². The predicted molar refractivity (Wildman–Crippen MR) is 173 cm³/mol. The van der Waals surface area contributed by atoms with E-state index in [0.717, 1.165) is 19.4 Å². The highest BCUT2D eigenvalue weighted by molar-refractivity contribution is 6.60. The van der Waals surface area contributed by atoms with Crippen molar-refractivity contribution in [3.05, 3.63) is 41.7 Å². The summed E-state index contributed by atoms with van der Waals surface area (Å²) in [6, 6.07) is 8.77. The molecule has 0 spiro atoms. The highest BCUT2D eigenvalue weighted by atomic mass is 16.5. The third-order valence-electron chi connectivity index (χ3n) is 6.79. The van der Waals surface area contributed by atoms with E-state index in [2.05, 4.69) is 31.2 Å². The van der Waals surface area contributed by atoms with Crippen LogP contribution in [0.4, 0.5) is 17.2 Å². The number of benzene rings is 1. The van der Waals surface area contributed by atoms with E-state index in [-0.39, 0.29) is 29.2 Å². The summed E-state index contributed by atoms with van der Waals surface area (Å²) in [6.07, 6.45) is 1.68. The monoisotopic (exact) mass is 585 g/mol. The number of carbonyl (C=O) groups is 3. The molecule has 4 rings (SSSR count). The SMILES string of the molecule is BC(B)(B)NC(=O)c1nnc(NC(=O)C2CC2)cc1Nc1cccc(-c2cc(C(=O)N(C)CCN(C)C)n(C)n2)c1OC. The van der Waals surface area contributed by atoms with Crippen molar-refractivity contribution in [3.8, 4) is 17.0 Å². The zero-order valence-corrected chi connectivity index (χ0v) is 26.1. The molecular formula is C27H38B3N9O4. The lowest BCUT2D eigenvalue weighted by Gasteiger charge is -2.22. The Kier molecular flexibility index (Phi) is 9.48. The highest BCUT2D eigenvalue weighted by Crippen LogP contribution is 2.38. The second kappa shape index (κ2) is 12.9. The van der Waals surface area contributed by atoms with Gasteiger partial charge in [-0.15, -0.1) is 10.2 Å². The average Bonchev–Trinajstić information content (AvgIpc) is 3.72. The molecular weight excluding hydrogens is 547 g/mol. The predicted octanol–water partition coefficient (Wildman–Crippen LogP) is -1.15. The van der Waals surface area contributed by atoms with Crippen LogP contribution in [0.1, 0.15) is 33.8 Å². The normalized spacial score (nSPS) is 13.0. The zero-order chi connectivity index (χ0) is 31.5. The number of hydrogen-bond donors (Lipinski definition) is 3. The Labute approximate surface area is 254 Å². The molecule has 1 aliphatic rings. The lowest BCUT2D eigenvalue weighted by molar-refractivity contribution is -0.117. The summed E-state index contributed by atoms with van der Waals surface area (Å²) in [5, 5.41) is 21.3. The Balaban J connectivity index is 1.68. The summed E-state index contributed by atoms with van der Waals surface area (Å²) in [6.45, 7) is 1.31. The van der Waals surface area contributed by atoms with Gasteiger partial charge in [0.2, 0.25) is 5.91 Å². The van der Waals surface area contributed by atoms with E-state index in [1.807, 2.05) is 54.7 Å². The van der Waals surface area contributed by atoms with Gasteiger partial charge in [0.1, 0.15) is 29.2 Å². The van der Waals surface area contributed by atoms with Gasteiger partial charge in [-0.05, 0) is 50.4 Å². The number of rotatable bonds is 12. The van der Waals surface area contributed by atoms with Crippen molar-refractivity contribution in [1.82, 2.24) is 35.1 Å². The molecule has 3 aromatic rings. The molecule has 0 radical (unpaired) electrons. The Morgan fingerprint density at radius 2 is 1.79 bits per heavy atom. The number of amides is 3. The Hall–Kier alpha value is -4.33. The number of aryl methyl sites for hydroxylation is 1. The zero-order valence-electron chi connectivity index (χ0n) is 26.1. The Bertz CT molecular complexity index is 1520. The first-order valence-corrected chi connectivity index (χ1v) is 14.2. The third kappa shape index (κ3) is 7.95. The number of nitrogens with one attached hydrogen (secondary N) is 3. The van der Waals surface area contributed by atoms with Crippen molar-refractivity contribution in [2.24, 2.45) is 13.0 Å². The topological polar surface area (TPSA) is 147 Å². The number of para-hydroxylation sites is 1. The van der Waals surface area contributed by atoms with E-state index in [4.69, 9.17) is 4.74 Å². The summed E-state index contributed by atoms with van der Waals surface area (Å²) >= 11 is 0. The summed E-state index contributed by atoms with van der Waals surface area (Å²) in [7, 11) is 14.6. The number of methoxy groups -OCH3 is 1. The van der Waals surface area contributed by atoms with Gasteiger partial charge in [0.15, 0.2) is 17.3 Å². The molecule has 16 heteroatoms. The fourth-order valence-electron chi connectivity index (χ4n) is 4.34. The molecule has 1 aromatic carbocycles. The van der Waals surface area contributed by atoms with Crippen molar-refractivity contribution in [2.45, 2.75) is 18.1 Å². The first-order chi connectivity index (χ1) is 20.3. The molecule has 3 N–H and O–H groups in total. The maximum absolute atomic E-state index is 13.2. The third-order valence-corrected chi connectivity index (χ3v) is 6.79. The van der Waals surface area contributed by atoms with Crippen molar-refractivity contribution in [3.63, 3.8) is 0 Å². The van der Waals surface area contributed by atoms with Crippen LogP contribution >= 0.6 is 0 Å². The first-order valence-electron chi connectivity index (χ1n) is 14.2. The van der Waals surface area contributed by atoms with Crippen LogP contribution in [0.25, 0.3) is 11.3 Å². The molecule has 13 nitrogen and oxygen atoms in total. The maximum Gasteiger partial charge on any atom is 0.272 e. The second-order valence-electron chi connectivity index (χ2n) is 12.0. The quantitative estimate of drug-likeness (QED) is 0.225. The molecule has 1 saturated carbocycles. The smallest absolute Gasteiger partial charge is 0.272 e. The van der Waals surface area contributed by atoms with E-state index in [1.54, 1.807) is 41.9 Å². The van der Waals surface area contributed by atoms with Gasteiger partial charge in [0.05, 0.1) is 24.2 Å². The minimum absolute atomic E-state index is 0.0261. The van der Waals surface area contributed by atoms with Gasteiger partial charge in [-0.25, -0.2) is 0 Å². The Morgan fingerprint density at radius 3 is 2.42 bits per heavy atom. The highest BCUT2D eigenvalue weighted by Gasteiger charge is 2.30. The summed E-state index contributed by atoms with van der Waals surface area (Å²) in [5.41, 5.74) is 2.54. The molecule has 0 unspecified atom stereocenters. The number of ether oxygens (including phenoxy) is 1. The van der Waals surface area contributed by atoms with Crippen LogP contribution in [0.5, 0.6) is 5.75 Å². The molecule has 1 fully saturated rings. The molecule has 43 heavy (non-hydrogen) atoms. The van der Waals surface area contributed by atoms with E-state index < -0.39 is 11.1 Å². The molecule has 2 aromatic heterocycles. The summed E-state index contributed by atoms with van der Waals surface area (Å²) < 4.78 is 7.38. The molecule has 0 atom stereocenters. The number of carbonyl (C=O) groups excluding carboxylic acids is 3. The van der Waals surface area contributed by atoms with E-state index in [9.17, 15) is 14.4 Å². The standard InChI is InChI=1S/C27H38B3N9O4/c1-37(2)11-12-38(3)26(42)20-13-18(36-39(20)4)16-7-6-8-17(23(16)43-5)31-19-14-21(32-24(40)15-9-10-15)34-35-22(19)25(41)33-27(28,29)30/h6-8,13-15H,9-12,28-30H2,1-5H3,(H,33,41)(H2,31,32,34,40). The number of anilines is 3. The summed E-state index contributed by atoms with van der Waals surface area (Å²) in [4.78, 5) is 42.4. The molecule has 0 saturated heterocycles.